The SMILES string of the molecule is CCc1c(C(=O)NC(C)Cc2cccs2)cnn1Cc1ccccc1. The maximum Gasteiger partial charge on any atom is 0.254 e. The van der Waals surface area contributed by atoms with Gasteiger partial charge in [0.15, 0.2) is 0 Å². The summed E-state index contributed by atoms with van der Waals surface area (Å²) >= 11 is 1.72. The molecule has 1 aromatic carbocycles. The minimum Gasteiger partial charge on any atom is -0.349 e. The van der Waals surface area contributed by atoms with Crippen molar-refractivity contribution in [3.63, 3.8) is 0 Å². The largest absolute Gasteiger partial charge is 0.349 e. The summed E-state index contributed by atoms with van der Waals surface area (Å²) in [6.07, 6.45) is 3.31. The molecular weight excluding hydrogens is 330 g/mol. The number of hydrogen-bond acceptors (Lipinski definition) is 3. The van der Waals surface area contributed by atoms with E-state index in [1.807, 2.05) is 35.9 Å². The third kappa shape index (κ3) is 4.37. The van der Waals surface area contributed by atoms with Gasteiger partial charge >= 0.3 is 0 Å². The van der Waals surface area contributed by atoms with Crippen molar-refractivity contribution in [2.75, 3.05) is 0 Å². The Kier molecular flexibility index (Phi) is 5.66. The van der Waals surface area contributed by atoms with Gasteiger partial charge in [0, 0.05) is 17.3 Å². The van der Waals surface area contributed by atoms with E-state index in [4.69, 9.17) is 0 Å². The topological polar surface area (TPSA) is 46.9 Å². The number of amides is 1. The van der Waals surface area contributed by atoms with E-state index in [0.717, 1.165) is 18.5 Å². The fourth-order valence-corrected chi connectivity index (χ4v) is 3.78. The summed E-state index contributed by atoms with van der Waals surface area (Å²) in [5.41, 5.74) is 2.83. The zero-order valence-electron chi connectivity index (χ0n) is 14.6. The number of nitrogens with one attached hydrogen (secondary N) is 1. The summed E-state index contributed by atoms with van der Waals surface area (Å²) in [6, 6.07) is 14.4. The van der Waals surface area contributed by atoms with Gasteiger partial charge in [-0.1, -0.05) is 43.3 Å². The molecule has 1 N–H and O–H groups in total. The van der Waals surface area contributed by atoms with Gasteiger partial charge in [0.1, 0.15) is 0 Å². The quantitative estimate of drug-likeness (QED) is 0.700. The maximum atomic E-state index is 12.7. The van der Waals surface area contributed by atoms with E-state index in [9.17, 15) is 4.79 Å². The molecule has 0 aliphatic heterocycles. The molecule has 2 aromatic heterocycles. The van der Waals surface area contributed by atoms with Crippen LogP contribution in [0.1, 0.15) is 40.3 Å². The fourth-order valence-electron chi connectivity index (χ4n) is 2.95. The van der Waals surface area contributed by atoms with E-state index in [2.05, 4.69) is 40.9 Å². The van der Waals surface area contributed by atoms with Crippen molar-refractivity contribution in [3.8, 4) is 0 Å². The summed E-state index contributed by atoms with van der Waals surface area (Å²) in [4.78, 5) is 13.9. The van der Waals surface area contributed by atoms with Gasteiger partial charge < -0.3 is 5.32 Å². The van der Waals surface area contributed by atoms with Crippen LogP contribution in [-0.4, -0.2) is 21.7 Å². The summed E-state index contributed by atoms with van der Waals surface area (Å²) in [7, 11) is 0. The average Bonchev–Trinajstić information content (AvgIpc) is 3.25. The van der Waals surface area contributed by atoms with Crippen LogP contribution in [0.15, 0.2) is 54.0 Å². The first-order valence-corrected chi connectivity index (χ1v) is 9.47. The van der Waals surface area contributed by atoms with E-state index in [1.165, 1.54) is 10.4 Å². The number of benzene rings is 1. The van der Waals surface area contributed by atoms with Gasteiger partial charge in [-0.3, -0.25) is 9.48 Å². The van der Waals surface area contributed by atoms with Crippen molar-refractivity contribution >= 4 is 17.2 Å². The third-order valence-corrected chi connectivity index (χ3v) is 5.07. The van der Waals surface area contributed by atoms with Crippen molar-refractivity contribution in [3.05, 3.63) is 75.7 Å². The van der Waals surface area contributed by atoms with Crippen LogP contribution in [0.4, 0.5) is 0 Å². The van der Waals surface area contributed by atoms with Crippen molar-refractivity contribution in [2.45, 2.75) is 39.3 Å². The molecule has 0 aliphatic carbocycles. The Bertz CT molecular complexity index is 809. The van der Waals surface area contributed by atoms with Gasteiger partial charge in [0.05, 0.1) is 24.0 Å². The minimum absolute atomic E-state index is 0.0415. The van der Waals surface area contributed by atoms with Crippen molar-refractivity contribution < 1.29 is 4.79 Å². The molecule has 0 saturated heterocycles. The number of thiophene rings is 1. The molecule has 1 atom stereocenters. The van der Waals surface area contributed by atoms with E-state index in [-0.39, 0.29) is 11.9 Å². The van der Waals surface area contributed by atoms with Gasteiger partial charge in [-0.15, -0.1) is 11.3 Å². The Balaban J connectivity index is 1.70. The molecule has 5 heteroatoms. The van der Waals surface area contributed by atoms with Gasteiger partial charge in [-0.05, 0) is 30.4 Å². The summed E-state index contributed by atoms with van der Waals surface area (Å²) < 4.78 is 1.92. The summed E-state index contributed by atoms with van der Waals surface area (Å²) in [5.74, 6) is -0.0415. The predicted octanol–water partition coefficient (Wildman–Crippen LogP) is 3.92. The lowest BCUT2D eigenvalue weighted by Gasteiger charge is -2.13. The lowest BCUT2D eigenvalue weighted by molar-refractivity contribution is 0.0939. The maximum absolute atomic E-state index is 12.7. The number of aromatic nitrogens is 2. The second-order valence-electron chi connectivity index (χ2n) is 6.16. The molecule has 0 saturated carbocycles. The number of rotatable bonds is 7. The molecule has 130 valence electrons. The second kappa shape index (κ2) is 8.12. The number of nitrogens with zero attached hydrogens (tertiary/aromatic N) is 2. The van der Waals surface area contributed by atoms with Gasteiger partial charge in [0.25, 0.3) is 5.91 Å². The van der Waals surface area contributed by atoms with Crippen LogP contribution in [0.2, 0.25) is 0 Å². The molecule has 0 radical (unpaired) electrons. The zero-order chi connectivity index (χ0) is 17.6. The third-order valence-electron chi connectivity index (χ3n) is 4.17. The Morgan fingerprint density at radius 3 is 2.72 bits per heavy atom. The van der Waals surface area contributed by atoms with Crippen molar-refractivity contribution in [1.82, 2.24) is 15.1 Å². The molecule has 0 bridgehead atoms. The predicted molar refractivity (Wildman–Crippen MR) is 102 cm³/mol. The molecule has 25 heavy (non-hydrogen) atoms. The first-order chi connectivity index (χ1) is 12.2. The van der Waals surface area contributed by atoms with Crippen molar-refractivity contribution in [2.24, 2.45) is 0 Å². The molecule has 1 amide bonds. The highest BCUT2D eigenvalue weighted by molar-refractivity contribution is 7.09. The number of hydrogen-bond donors (Lipinski definition) is 1. The highest BCUT2D eigenvalue weighted by atomic mass is 32.1. The molecular formula is C20H23N3OS. The van der Waals surface area contributed by atoms with E-state index in [0.29, 0.717) is 12.1 Å². The number of carbonyl (C=O) groups excluding carboxylic acids is 1. The average molecular weight is 353 g/mol. The van der Waals surface area contributed by atoms with Crippen LogP contribution in [-0.2, 0) is 19.4 Å². The van der Waals surface area contributed by atoms with Crippen LogP contribution in [0.3, 0.4) is 0 Å². The minimum atomic E-state index is -0.0415. The van der Waals surface area contributed by atoms with E-state index in [1.54, 1.807) is 17.5 Å². The molecule has 1 unspecified atom stereocenters. The number of carbonyl (C=O) groups is 1. The first-order valence-electron chi connectivity index (χ1n) is 8.59. The first kappa shape index (κ1) is 17.4. The van der Waals surface area contributed by atoms with E-state index < -0.39 is 0 Å². The smallest absolute Gasteiger partial charge is 0.254 e. The molecule has 2 heterocycles. The molecule has 4 nitrogen and oxygen atoms in total. The Morgan fingerprint density at radius 1 is 1.24 bits per heavy atom. The molecule has 0 fully saturated rings. The lowest BCUT2D eigenvalue weighted by Crippen LogP contribution is -2.34. The van der Waals surface area contributed by atoms with Crippen LogP contribution in [0.25, 0.3) is 0 Å². The highest BCUT2D eigenvalue weighted by Gasteiger charge is 2.18. The second-order valence-corrected chi connectivity index (χ2v) is 7.19. The summed E-state index contributed by atoms with van der Waals surface area (Å²) in [6.45, 7) is 4.78. The molecule has 3 rings (SSSR count). The van der Waals surface area contributed by atoms with Gasteiger partial charge in [-0.25, -0.2) is 0 Å². The van der Waals surface area contributed by atoms with Crippen LogP contribution in [0.5, 0.6) is 0 Å². The fraction of sp³-hybridized carbons (Fsp3) is 0.300. The van der Waals surface area contributed by atoms with Crippen LogP contribution < -0.4 is 5.32 Å². The Morgan fingerprint density at radius 2 is 2.04 bits per heavy atom. The summed E-state index contributed by atoms with van der Waals surface area (Å²) in [5, 5.41) is 9.61. The molecule has 0 spiro atoms. The normalized spacial score (nSPS) is 12.1. The van der Waals surface area contributed by atoms with Crippen LogP contribution in [0, 0.1) is 0 Å². The standard InChI is InChI=1S/C20H23N3OS/c1-3-19-18(13-21-23(19)14-16-8-5-4-6-9-16)20(24)22-15(2)12-17-10-7-11-25-17/h4-11,13,15H,3,12,14H2,1-2H3,(H,22,24). The molecule has 3 aromatic rings. The van der Waals surface area contributed by atoms with E-state index >= 15 is 0 Å². The molecule has 0 aliphatic rings. The Labute approximate surface area is 152 Å². The van der Waals surface area contributed by atoms with Crippen molar-refractivity contribution in [1.29, 1.82) is 0 Å². The van der Waals surface area contributed by atoms with Gasteiger partial charge in [0.2, 0.25) is 0 Å². The lowest BCUT2D eigenvalue weighted by atomic mass is 10.1. The Hall–Kier alpha value is -2.40. The van der Waals surface area contributed by atoms with Crippen LogP contribution >= 0.6 is 11.3 Å². The zero-order valence-corrected chi connectivity index (χ0v) is 15.4. The highest BCUT2D eigenvalue weighted by Crippen LogP contribution is 2.14. The monoisotopic (exact) mass is 353 g/mol. The van der Waals surface area contributed by atoms with Gasteiger partial charge in [-0.2, -0.15) is 5.10 Å².